The fraction of sp³-hybridized carbons (Fsp3) is 0.526. The predicted molar refractivity (Wildman–Crippen MR) is 186 cm³/mol. The highest BCUT2D eigenvalue weighted by Crippen LogP contribution is 2.50. The van der Waals surface area contributed by atoms with E-state index in [1.165, 1.54) is 4.90 Å². The van der Waals surface area contributed by atoms with Gasteiger partial charge in [0, 0.05) is 54.7 Å². The highest BCUT2D eigenvalue weighted by atomic mass is 32.1. The van der Waals surface area contributed by atoms with Crippen LogP contribution in [0.15, 0.2) is 54.0 Å². The Morgan fingerprint density at radius 1 is 0.964 bits per heavy atom. The zero-order valence-electron chi connectivity index (χ0n) is 29.9. The number of carboxylic acids is 1. The fourth-order valence-corrected chi connectivity index (χ4v) is 8.45. The third-order valence-corrected chi connectivity index (χ3v) is 11.8. The van der Waals surface area contributed by atoms with E-state index in [4.69, 9.17) is 9.47 Å². The van der Waals surface area contributed by atoms with Gasteiger partial charge < -0.3 is 29.5 Å². The molecule has 17 heteroatoms. The van der Waals surface area contributed by atoms with Crippen molar-refractivity contribution in [1.29, 1.82) is 0 Å². The maximum absolute atomic E-state index is 14.9. The number of likely N-dealkylation sites (tertiary alicyclic amines) is 2. The first-order valence-electron chi connectivity index (χ1n) is 18.1. The maximum atomic E-state index is 14.9. The largest absolute Gasteiger partial charge is 0.493 e. The van der Waals surface area contributed by atoms with Gasteiger partial charge in [-0.3, -0.25) is 19.4 Å². The van der Waals surface area contributed by atoms with Crippen molar-refractivity contribution >= 4 is 29.1 Å². The van der Waals surface area contributed by atoms with Crippen LogP contribution in [-0.4, -0.2) is 80.7 Å². The summed E-state index contributed by atoms with van der Waals surface area (Å²) in [4.78, 5) is 45.7. The first kappa shape index (κ1) is 40.3. The normalized spacial score (nSPS) is 22.2. The molecule has 0 unspecified atom stereocenters. The third kappa shape index (κ3) is 8.42. The Bertz CT molecular complexity index is 1890. The molecule has 2 atom stereocenters. The molecule has 0 bridgehead atoms. The Balaban J connectivity index is 1.30. The van der Waals surface area contributed by atoms with Crippen molar-refractivity contribution in [2.45, 2.75) is 94.3 Å². The number of carboxylic acid groups (broad SMARTS) is 1. The number of benzene rings is 1. The van der Waals surface area contributed by atoms with Crippen LogP contribution in [-0.2, 0) is 27.5 Å². The molecular formula is C38H41F6N3O7S. The van der Waals surface area contributed by atoms with Crippen LogP contribution in [0.3, 0.4) is 0 Å². The van der Waals surface area contributed by atoms with Crippen LogP contribution in [0, 0.1) is 5.41 Å². The summed E-state index contributed by atoms with van der Waals surface area (Å²) in [5.41, 5.74) is -5.64. The summed E-state index contributed by atoms with van der Waals surface area (Å²) in [7, 11) is 0. The molecule has 4 heterocycles. The van der Waals surface area contributed by atoms with Crippen LogP contribution in [0.1, 0.15) is 91.2 Å². The lowest BCUT2D eigenvalue weighted by atomic mass is 9.78. The number of hydrogen-bond acceptors (Lipinski definition) is 8. The fourth-order valence-electron chi connectivity index (χ4n) is 7.77. The number of piperidine rings is 2. The zero-order chi connectivity index (χ0) is 39.8. The summed E-state index contributed by atoms with van der Waals surface area (Å²) in [6, 6.07) is 8.16. The van der Waals surface area contributed by atoms with Gasteiger partial charge in [-0.25, -0.2) is 0 Å². The molecule has 0 radical (unpaired) electrons. The van der Waals surface area contributed by atoms with Crippen LogP contribution in [0.2, 0.25) is 0 Å². The summed E-state index contributed by atoms with van der Waals surface area (Å²) in [5, 5.41) is 22.4. The number of pyridine rings is 1. The molecule has 2 N–H and O–H groups in total. The van der Waals surface area contributed by atoms with Crippen molar-refractivity contribution in [1.82, 2.24) is 14.8 Å². The minimum atomic E-state index is -4.92. The predicted octanol–water partition coefficient (Wildman–Crippen LogP) is 7.55. The molecule has 1 saturated carbocycles. The van der Waals surface area contributed by atoms with Crippen LogP contribution in [0.5, 0.6) is 11.5 Å². The number of aliphatic hydroxyl groups is 1. The van der Waals surface area contributed by atoms with E-state index in [2.05, 4.69) is 4.98 Å². The number of para-hydroxylation sites is 1. The Morgan fingerprint density at radius 2 is 1.67 bits per heavy atom. The monoisotopic (exact) mass is 797 g/mol. The quantitative estimate of drug-likeness (QED) is 0.180. The van der Waals surface area contributed by atoms with Gasteiger partial charge in [-0.2, -0.15) is 26.3 Å². The van der Waals surface area contributed by atoms with Gasteiger partial charge in [0.05, 0.1) is 30.2 Å². The smallest absolute Gasteiger partial charge is 0.425 e. The average molecular weight is 798 g/mol. The van der Waals surface area contributed by atoms with Crippen molar-refractivity contribution in [3.8, 4) is 11.5 Å². The number of carbonyl (C=O) groups is 3. The van der Waals surface area contributed by atoms with E-state index in [9.17, 15) is 50.9 Å². The summed E-state index contributed by atoms with van der Waals surface area (Å²) in [6.07, 6.45) is -6.78. The molecule has 2 aliphatic heterocycles. The summed E-state index contributed by atoms with van der Waals surface area (Å²) in [5.74, 6) is -2.59. The van der Waals surface area contributed by atoms with Gasteiger partial charge in [0.25, 0.3) is 11.8 Å². The van der Waals surface area contributed by atoms with Crippen LogP contribution in [0.4, 0.5) is 26.3 Å². The Labute approximate surface area is 317 Å². The standard InChI is InChI=1S/C38H41F6N3O7S/c1-2-7-28-36(54-24-20-29(55-22-24)38(42,43)44,11-6-17-47(28)32(50)31-26(37(39,40)41)9-5-16-45-31)33(51)46-18-14-35(52,15-19-46)25-8-3-4-10-27(25)53-23-34(12-13-34)21-30(48)49/h3-5,8-10,16,20,22,28,52H,2,6-7,11-15,17-19,21,23H2,1H3,(H,48,49)/t28-,36+/m1/s1. The van der Waals surface area contributed by atoms with Gasteiger partial charge in [-0.1, -0.05) is 31.5 Å². The van der Waals surface area contributed by atoms with E-state index >= 15 is 0 Å². The molecule has 2 saturated heterocycles. The number of hydrogen-bond donors (Lipinski definition) is 2. The van der Waals surface area contributed by atoms with Crippen molar-refractivity contribution < 1.29 is 60.4 Å². The van der Waals surface area contributed by atoms with Gasteiger partial charge >= 0.3 is 18.3 Å². The highest BCUT2D eigenvalue weighted by Gasteiger charge is 2.57. The molecule has 0 spiro atoms. The number of ether oxygens (including phenoxy) is 2. The number of rotatable bonds is 12. The van der Waals surface area contributed by atoms with Gasteiger partial charge in [0.1, 0.15) is 22.1 Å². The van der Waals surface area contributed by atoms with E-state index < -0.39 is 68.9 Å². The van der Waals surface area contributed by atoms with Crippen molar-refractivity contribution in [3.05, 3.63) is 75.7 Å². The van der Waals surface area contributed by atoms with Gasteiger partial charge in [-0.05, 0) is 56.7 Å². The molecule has 2 amide bonds. The maximum Gasteiger partial charge on any atom is 0.425 e. The van der Waals surface area contributed by atoms with E-state index in [0.717, 1.165) is 34.7 Å². The molecule has 2 aromatic heterocycles. The molecule has 1 aromatic carbocycles. The Kier molecular flexibility index (Phi) is 11.2. The molecule has 6 rings (SSSR count). The average Bonchev–Trinajstić information content (AvgIpc) is 3.72. The summed E-state index contributed by atoms with van der Waals surface area (Å²) in [6.45, 7) is 1.75. The lowest BCUT2D eigenvalue weighted by molar-refractivity contribution is -0.163. The lowest BCUT2D eigenvalue weighted by Gasteiger charge is -2.51. The van der Waals surface area contributed by atoms with Crippen molar-refractivity contribution in [2.75, 3.05) is 26.2 Å². The third-order valence-electron chi connectivity index (χ3n) is 10.8. The Morgan fingerprint density at radius 3 is 2.29 bits per heavy atom. The van der Waals surface area contributed by atoms with Gasteiger partial charge in [0.2, 0.25) is 5.60 Å². The minimum Gasteiger partial charge on any atom is -0.493 e. The summed E-state index contributed by atoms with van der Waals surface area (Å²) >= 11 is 0.361. The number of thiophene rings is 1. The number of nitrogens with zero attached hydrogens (tertiary/aromatic N) is 3. The SMILES string of the molecule is CCC[C@H]1N(C(=O)c2ncccc2C(F)(F)F)CCC[C@@]1(Oc1csc(C(F)(F)F)c1)C(=O)N1CCC(O)(c2ccccc2OCC2(CC(=O)O)CC2)CC1. The van der Waals surface area contributed by atoms with E-state index in [1.54, 1.807) is 31.2 Å². The number of aromatic nitrogens is 1. The molecule has 3 aromatic rings. The van der Waals surface area contributed by atoms with Gasteiger partial charge in [-0.15, -0.1) is 11.3 Å². The molecule has 1 aliphatic carbocycles. The first-order chi connectivity index (χ1) is 25.9. The number of amides is 2. The second-order valence-electron chi connectivity index (χ2n) is 14.6. The topological polar surface area (TPSA) is 130 Å². The van der Waals surface area contributed by atoms with Crippen LogP contribution >= 0.6 is 11.3 Å². The second kappa shape index (κ2) is 15.3. The number of aliphatic carboxylic acids is 1. The molecule has 55 heavy (non-hydrogen) atoms. The minimum absolute atomic E-state index is 0.0100. The lowest BCUT2D eigenvalue weighted by Crippen LogP contribution is -2.68. The number of halogens is 6. The van der Waals surface area contributed by atoms with Crippen LogP contribution < -0.4 is 9.47 Å². The van der Waals surface area contributed by atoms with Crippen molar-refractivity contribution in [3.63, 3.8) is 0 Å². The van der Waals surface area contributed by atoms with Gasteiger partial charge in [0.15, 0.2) is 0 Å². The first-order valence-corrected chi connectivity index (χ1v) is 18.9. The second-order valence-corrected chi connectivity index (χ2v) is 15.5. The number of alkyl halides is 6. The molecule has 3 aliphatic rings. The molecular weight excluding hydrogens is 756 g/mol. The molecule has 10 nitrogen and oxygen atoms in total. The highest BCUT2D eigenvalue weighted by molar-refractivity contribution is 7.10. The van der Waals surface area contributed by atoms with E-state index in [-0.39, 0.29) is 70.5 Å². The number of carbonyl (C=O) groups excluding carboxylic acids is 2. The molecule has 3 fully saturated rings. The molecule has 298 valence electrons. The van der Waals surface area contributed by atoms with Crippen molar-refractivity contribution in [2.24, 2.45) is 5.41 Å². The van der Waals surface area contributed by atoms with E-state index in [1.807, 2.05) is 0 Å². The Hall–Kier alpha value is -4.38. The van der Waals surface area contributed by atoms with Crippen LogP contribution in [0.25, 0.3) is 0 Å². The summed E-state index contributed by atoms with van der Waals surface area (Å²) < 4.78 is 95.6. The zero-order valence-corrected chi connectivity index (χ0v) is 30.7. The van der Waals surface area contributed by atoms with E-state index in [0.29, 0.717) is 41.9 Å².